The van der Waals surface area contributed by atoms with Crippen molar-refractivity contribution < 1.29 is 13.2 Å². The Morgan fingerprint density at radius 2 is 1.76 bits per heavy atom. The van der Waals surface area contributed by atoms with Gasteiger partial charge in [0.2, 0.25) is 10.0 Å². The molecule has 1 aromatic heterocycles. The Morgan fingerprint density at radius 3 is 2.38 bits per heavy atom. The average molecular weight is 537 g/mol. The molecule has 1 N–H and O–H groups in total. The molecule has 2 heterocycles. The zero-order chi connectivity index (χ0) is 26.4. The van der Waals surface area contributed by atoms with Gasteiger partial charge in [0.1, 0.15) is 11.1 Å². The van der Waals surface area contributed by atoms with Crippen LogP contribution in [0.2, 0.25) is 0 Å². The number of nitrogens with zero attached hydrogens (tertiary/aromatic N) is 3. The first-order valence-electron chi connectivity index (χ1n) is 12.6. The van der Waals surface area contributed by atoms with E-state index in [9.17, 15) is 18.5 Å². The predicted octanol–water partition coefficient (Wildman–Crippen LogP) is 5.24. The molecule has 3 aromatic rings. The lowest BCUT2D eigenvalue weighted by Gasteiger charge is -2.26. The molecule has 0 saturated carbocycles. The molecular weight excluding hydrogens is 504 g/mol. The molecule has 9 heteroatoms. The molecule has 0 radical (unpaired) electrons. The molecule has 4 rings (SSSR count). The normalized spacial score (nSPS) is 13.8. The van der Waals surface area contributed by atoms with Crippen LogP contribution >= 0.6 is 11.3 Å². The van der Waals surface area contributed by atoms with Gasteiger partial charge < -0.3 is 5.32 Å². The summed E-state index contributed by atoms with van der Waals surface area (Å²) in [4.78, 5) is 16.6. The number of fused-ring (bicyclic) bond motifs is 1. The molecule has 0 spiro atoms. The maximum atomic E-state index is 13.0. The van der Waals surface area contributed by atoms with Gasteiger partial charge in [-0.05, 0) is 54.7 Å². The molecule has 0 fully saturated rings. The van der Waals surface area contributed by atoms with Gasteiger partial charge in [-0.1, -0.05) is 44.2 Å². The number of benzene rings is 2. The van der Waals surface area contributed by atoms with Gasteiger partial charge in [-0.25, -0.2) is 8.42 Å². The second kappa shape index (κ2) is 12.0. The Bertz CT molecular complexity index is 1370. The summed E-state index contributed by atoms with van der Waals surface area (Å²) in [7, 11) is -3.61. The Kier molecular flexibility index (Phi) is 8.77. The number of carbonyl (C=O) groups excluding carboxylic acids is 1. The van der Waals surface area contributed by atoms with Crippen molar-refractivity contribution in [1.82, 2.24) is 9.21 Å². The minimum atomic E-state index is -3.61. The maximum absolute atomic E-state index is 13.0. The third kappa shape index (κ3) is 6.11. The number of hydrogen-bond donors (Lipinski definition) is 1. The number of thiophene rings is 1. The van der Waals surface area contributed by atoms with E-state index in [2.05, 4.69) is 28.4 Å². The molecule has 0 saturated heterocycles. The van der Waals surface area contributed by atoms with Crippen molar-refractivity contribution in [3.05, 3.63) is 81.7 Å². The summed E-state index contributed by atoms with van der Waals surface area (Å²) in [5, 5.41) is 13.3. The van der Waals surface area contributed by atoms with Crippen molar-refractivity contribution in [1.29, 1.82) is 5.26 Å². The van der Waals surface area contributed by atoms with Crippen LogP contribution in [0.4, 0.5) is 5.00 Å². The van der Waals surface area contributed by atoms with Crippen molar-refractivity contribution in [3.8, 4) is 6.07 Å². The largest absolute Gasteiger partial charge is 0.312 e. The molecule has 37 heavy (non-hydrogen) atoms. The number of hydrogen-bond acceptors (Lipinski definition) is 6. The summed E-state index contributed by atoms with van der Waals surface area (Å²) in [6.45, 7) is 7.24. The van der Waals surface area contributed by atoms with Gasteiger partial charge in [0.25, 0.3) is 5.91 Å². The molecular formula is C28H32N4O3S2. The first-order valence-corrected chi connectivity index (χ1v) is 14.9. The quantitative estimate of drug-likeness (QED) is 0.382. The Balaban J connectivity index is 1.48. The Labute approximate surface area is 223 Å². The summed E-state index contributed by atoms with van der Waals surface area (Å²) in [6.07, 6.45) is 2.22. The number of nitrogens with one attached hydrogen (secondary N) is 1. The van der Waals surface area contributed by atoms with Gasteiger partial charge in [-0.2, -0.15) is 9.57 Å². The van der Waals surface area contributed by atoms with Gasteiger partial charge in [0.15, 0.2) is 0 Å². The summed E-state index contributed by atoms with van der Waals surface area (Å²) >= 11 is 1.45. The van der Waals surface area contributed by atoms with Crippen molar-refractivity contribution in [2.45, 2.75) is 51.1 Å². The number of sulfonamides is 1. The highest BCUT2D eigenvalue weighted by atomic mass is 32.2. The minimum Gasteiger partial charge on any atom is -0.312 e. The van der Waals surface area contributed by atoms with Crippen LogP contribution in [0.15, 0.2) is 59.5 Å². The molecule has 1 amide bonds. The zero-order valence-electron chi connectivity index (χ0n) is 21.2. The van der Waals surface area contributed by atoms with Crippen LogP contribution in [-0.2, 0) is 29.5 Å². The van der Waals surface area contributed by atoms with E-state index in [1.807, 2.05) is 32.0 Å². The number of carbonyl (C=O) groups is 1. The SMILES string of the molecule is CCCN(CCC)S(=O)(=O)c1ccc(C(=O)Nc2sc3c(c2C#N)CCN(Cc2ccccc2)C3)cc1. The van der Waals surface area contributed by atoms with E-state index in [0.717, 1.165) is 49.3 Å². The number of amides is 1. The maximum Gasteiger partial charge on any atom is 0.256 e. The van der Waals surface area contributed by atoms with Crippen LogP contribution in [0.1, 0.15) is 58.6 Å². The molecule has 0 aliphatic carbocycles. The van der Waals surface area contributed by atoms with E-state index in [0.29, 0.717) is 29.2 Å². The second-order valence-corrected chi connectivity index (χ2v) is 12.2. The first kappa shape index (κ1) is 27.0. The Hall–Kier alpha value is -3.03. The van der Waals surface area contributed by atoms with Crippen LogP contribution < -0.4 is 5.32 Å². The van der Waals surface area contributed by atoms with E-state index in [1.54, 1.807) is 0 Å². The molecule has 194 valence electrons. The molecule has 1 aliphatic rings. The van der Waals surface area contributed by atoms with Crippen LogP contribution in [0.25, 0.3) is 0 Å². The lowest BCUT2D eigenvalue weighted by Crippen LogP contribution is -2.32. The summed E-state index contributed by atoms with van der Waals surface area (Å²) in [6, 6.07) is 18.6. The van der Waals surface area contributed by atoms with Crippen molar-refractivity contribution in [3.63, 3.8) is 0 Å². The van der Waals surface area contributed by atoms with Gasteiger partial charge in [-0.3, -0.25) is 9.69 Å². The summed E-state index contributed by atoms with van der Waals surface area (Å²) < 4.78 is 27.5. The fourth-order valence-corrected chi connectivity index (χ4v) is 7.45. The van der Waals surface area contributed by atoms with E-state index < -0.39 is 10.0 Å². The fourth-order valence-electron chi connectivity index (χ4n) is 4.59. The molecule has 7 nitrogen and oxygen atoms in total. The van der Waals surface area contributed by atoms with Crippen LogP contribution in [0, 0.1) is 11.3 Å². The van der Waals surface area contributed by atoms with Crippen LogP contribution in [0.5, 0.6) is 0 Å². The molecule has 0 unspecified atom stereocenters. The van der Waals surface area contributed by atoms with Crippen molar-refractivity contribution >= 4 is 32.3 Å². The zero-order valence-corrected chi connectivity index (χ0v) is 22.9. The lowest BCUT2D eigenvalue weighted by molar-refractivity contribution is 0.102. The highest BCUT2D eigenvalue weighted by Crippen LogP contribution is 2.37. The van der Waals surface area contributed by atoms with E-state index >= 15 is 0 Å². The van der Waals surface area contributed by atoms with E-state index in [1.165, 1.54) is 45.5 Å². The molecule has 0 bridgehead atoms. The first-order chi connectivity index (χ1) is 17.9. The monoisotopic (exact) mass is 536 g/mol. The minimum absolute atomic E-state index is 0.175. The van der Waals surface area contributed by atoms with E-state index in [4.69, 9.17) is 0 Å². The standard InChI is InChI=1S/C28H32N4O3S2/c1-3-15-32(16-4-2)37(34,35)23-12-10-22(11-13-23)27(33)30-28-25(18-29)24-14-17-31(20-26(24)36-28)19-21-8-6-5-7-9-21/h5-13H,3-4,14-17,19-20H2,1-2H3,(H,30,33). The average Bonchev–Trinajstić information content (AvgIpc) is 3.25. The van der Waals surface area contributed by atoms with Gasteiger partial charge in [0, 0.05) is 43.2 Å². The summed E-state index contributed by atoms with van der Waals surface area (Å²) in [5.74, 6) is -0.362. The van der Waals surface area contributed by atoms with Gasteiger partial charge in [0.05, 0.1) is 10.5 Å². The van der Waals surface area contributed by atoms with Crippen LogP contribution in [-0.4, -0.2) is 43.2 Å². The Morgan fingerprint density at radius 1 is 1.08 bits per heavy atom. The van der Waals surface area contributed by atoms with Crippen molar-refractivity contribution in [2.75, 3.05) is 25.0 Å². The molecule has 2 aromatic carbocycles. The highest BCUT2D eigenvalue weighted by molar-refractivity contribution is 7.89. The highest BCUT2D eigenvalue weighted by Gasteiger charge is 2.26. The lowest BCUT2D eigenvalue weighted by atomic mass is 10.0. The predicted molar refractivity (Wildman–Crippen MR) is 147 cm³/mol. The number of anilines is 1. The smallest absolute Gasteiger partial charge is 0.256 e. The summed E-state index contributed by atoms with van der Waals surface area (Å²) in [5.41, 5.74) is 3.13. The van der Waals surface area contributed by atoms with E-state index in [-0.39, 0.29) is 10.8 Å². The fraction of sp³-hybridized carbons (Fsp3) is 0.357. The third-order valence-corrected chi connectivity index (χ3v) is 9.47. The number of rotatable bonds is 10. The molecule has 0 atom stereocenters. The second-order valence-electron chi connectivity index (χ2n) is 9.15. The van der Waals surface area contributed by atoms with Crippen molar-refractivity contribution in [2.24, 2.45) is 0 Å². The van der Waals surface area contributed by atoms with Gasteiger partial charge >= 0.3 is 0 Å². The van der Waals surface area contributed by atoms with Gasteiger partial charge in [-0.15, -0.1) is 11.3 Å². The third-order valence-electron chi connectivity index (χ3n) is 6.42. The number of nitriles is 1. The van der Waals surface area contributed by atoms with Crippen LogP contribution in [0.3, 0.4) is 0 Å². The topological polar surface area (TPSA) is 93.5 Å². The molecule has 1 aliphatic heterocycles.